The van der Waals surface area contributed by atoms with Gasteiger partial charge in [0.25, 0.3) is 5.91 Å². The fourth-order valence-electron chi connectivity index (χ4n) is 3.28. The van der Waals surface area contributed by atoms with Gasteiger partial charge in [-0.05, 0) is 19.2 Å². The summed E-state index contributed by atoms with van der Waals surface area (Å²) >= 11 is 0. The second-order valence-corrected chi connectivity index (χ2v) is 6.89. The zero-order valence-corrected chi connectivity index (χ0v) is 15.7. The van der Waals surface area contributed by atoms with E-state index in [4.69, 9.17) is 4.74 Å². The van der Waals surface area contributed by atoms with Gasteiger partial charge in [-0.1, -0.05) is 12.1 Å². The largest absolute Gasteiger partial charge is 0.483 e. The smallest absolute Gasteiger partial charge is 0.320 e. The first-order valence-electron chi connectivity index (χ1n) is 9.25. The molecule has 1 aromatic carbocycles. The van der Waals surface area contributed by atoms with Crippen LogP contribution in [-0.2, 0) is 4.79 Å². The molecule has 2 heterocycles. The highest BCUT2D eigenvalue weighted by molar-refractivity contribution is 5.81. The average Bonchev–Trinajstić information content (AvgIpc) is 2.72. The summed E-state index contributed by atoms with van der Waals surface area (Å²) in [5.74, 6) is 0.270. The summed E-state index contributed by atoms with van der Waals surface area (Å²) in [5.41, 5.74) is 0.424. The van der Waals surface area contributed by atoms with Gasteiger partial charge >= 0.3 is 6.03 Å². The third-order valence-electron chi connectivity index (χ3n) is 5.07. The molecule has 0 unspecified atom stereocenters. The standard InChI is InChI=1S/C19H26N4O4/c1-20-6-8-22(9-7-20)19(26)23-12-10-21(11-13-23)18(25)15-27-17-5-3-2-4-16(17)14-24/h2-5,14H,6-13,15H2,1H3. The summed E-state index contributed by atoms with van der Waals surface area (Å²) in [6, 6.07) is 6.88. The quantitative estimate of drug-likeness (QED) is 0.713. The monoisotopic (exact) mass is 374 g/mol. The molecule has 0 saturated carbocycles. The first kappa shape index (κ1) is 19.2. The maximum absolute atomic E-state index is 12.6. The van der Waals surface area contributed by atoms with Crippen molar-refractivity contribution in [3.05, 3.63) is 29.8 Å². The van der Waals surface area contributed by atoms with Crippen LogP contribution in [0, 0.1) is 0 Å². The fraction of sp³-hybridized carbons (Fsp3) is 0.526. The third-order valence-corrected chi connectivity index (χ3v) is 5.07. The highest BCUT2D eigenvalue weighted by Gasteiger charge is 2.28. The van der Waals surface area contributed by atoms with Crippen molar-refractivity contribution >= 4 is 18.2 Å². The zero-order chi connectivity index (χ0) is 19.2. The number of rotatable bonds is 4. The van der Waals surface area contributed by atoms with Crippen molar-refractivity contribution in [3.63, 3.8) is 0 Å². The van der Waals surface area contributed by atoms with Crippen molar-refractivity contribution < 1.29 is 19.1 Å². The van der Waals surface area contributed by atoms with Gasteiger partial charge < -0.3 is 24.3 Å². The Kier molecular flexibility index (Phi) is 6.28. The highest BCUT2D eigenvalue weighted by Crippen LogP contribution is 2.16. The highest BCUT2D eigenvalue weighted by atomic mass is 16.5. The molecule has 27 heavy (non-hydrogen) atoms. The Morgan fingerprint density at radius 3 is 2.11 bits per heavy atom. The van der Waals surface area contributed by atoms with Crippen molar-refractivity contribution in [1.29, 1.82) is 0 Å². The summed E-state index contributed by atoms with van der Waals surface area (Å²) in [6.45, 7) is 5.22. The Labute approximate surface area is 159 Å². The molecule has 0 radical (unpaired) electrons. The number of benzene rings is 1. The second-order valence-electron chi connectivity index (χ2n) is 6.89. The lowest BCUT2D eigenvalue weighted by Gasteiger charge is -2.39. The van der Waals surface area contributed by atoms with Crippen molar-refractivity contribution in [1.82, 2.24) is 19.6 Å². The minimum atomic E-state index is -0.137. The van der Waals surface area contributed by atoms with Crippen LogP contribution in [0.25, 0.3) is 0 Å². The molecular weight excluding hydrogens is 348 g/mol. The van der Waals surface area contributed by atoms with Crippen molar-refractivity contribution in [2.45, 2.75) is 0 Å². The van der Waals surface area contributed by atoms with E-state index in [0.29, 0.717) is 43.8 Å². The van der Waals surface area contributed by atoms with Gasteiger partial charge in [0.15, 0.2) is 12.9 Å². The van der Waals surface area contributed by atoms with Crippen molar-refractivity contribution in [2.75, 3.05) is 66.0 Å². The number of likely N-dealkylation sites (N-methyl/N-ethyl adjacent to an activating group) is 1. The second kappa shape index (κ2) is 8.85. The van der Waals surface area contributed by atoms with Crippen LogP contribution in [0.1, 0.15) is 10.4 Å². The van der Waals surface area contributed by atoms with E-state index in [0.717, 1.165) is 26.2 Å². The third kappa shape index (κ3) is 4.77. The van der Waals surface area contributed by atoms with Crippen molar-refractivity contribution in [2.24, 2.45) is 0 Å². The molecule has 146 valence electrons. The molecule has 0 bridgehead atoms. The normalized spacial score (nSPS) is 18.3. The van der Waals surface area contributed by atoms with Gasteiger partial charge in [-0.15, -0.1) is 0 Å². The Bertz CT molecular complexity index is 680. The van der Waals surface area contributed by atoms with Gasteiger partial charge in [0.1, 0.15) is 5.75 Å². The topological polar surface area (TPSA) is 73.4 Å². The Hall–Kier alpha value is -2.61. The van der Waals surface area contributed by atoms with Gasteiger partial charge in [-0.3, -0.25) is 9.59 Å². The van der Waals surface area contributed by atoms with Crippen LogP contribution in [-0.4, -0.2) is 104 Å². The minimum absolute atomic E-state index is 0.0614. The van der Waals surface area contributed by atoms with E-state index in [-0.39, 0.29) is 18.5 Å². The first-order chi connectivity index (χ1) is 13.1. The van der Waals surface area contributed by atoms with Crippen LogP contribution in [0.15, 0.2) is 24.3 Å². The number of nitrogens with zero attached hydrogens (tertiary/aromatic N) is 4. The van der Waals surface area contributed by atoms with E-state index < -0.39 is 0 Å². The Morgan fingerprint density at radius 2 is 1.48 bits per heavy atom. The van der Waals surface area contributed by atoms with E-state index >= 15 is 0 Å². The fourth-order valence-corrected chi connectivity index (χ4v) is 3.28. The first-order valence-corrected chi connectivity index (χ1v) is 9.25. The van der Waals surface area contributed by atoms with Gasteiger partial charge in [0, 0.05) is 52.4 Å². The van der Waals surface area contributed by atoms with E-state index in [1.807, 2.05) is 9.80 Å². The van der Waals surface area contributed by atoms with Gasteiger partial charge in [0.05, 0.1) is 5.56 Å². The number of piperazine rings is 2. The molecule has 0 aliphatic carbocycles. The van der Waals surface area contributed by atoms with Gasteiger partial charge in [0.2, 0.25) is 0 Å². The summed E-state index contributed by atoms with van der Waals surface area (Å²) in [4.78, 5) is 43.6. The predicted octanol–water partition coefficient (Wildman–Crippen LogP) is 0.390. The number of carbonyl (C=O) groups is 3. The summed E-state index contributed by atoms with van der Waals surface area (Å²) < 4.78 is 5.51. The van der Waals surface area contributed by atoms with Gasteiger partial charge in [-0.2, -0.15) is 0 Å². The number of amides is 3. The Balaban J connectivity index is 1.45. The molecule has 1 aromatic rings. The molecule has 2 saturated heterocycles. The molecule has 0 spiro atoms. The van der Waals surface area contributed by atoms with Crippen LogP contribution >= 0.6 is 0 Å². The molecular formula is C19H26N4O4. The number of ether oxygens (including phenoxy) is 1. The summed E-state index contributed by atoms with van der Waals surface area (Å²) in [7, 11) is 2.06. The van der Waals surface area contributed by atoms with E-state index in [2.05, 4.69) is 11.9 Å². The molecule has 0 N–H and O–H groups in total. The lowest BCUT2D eigenvalue weighted by Crippen LogP contribution is -2.57. The lowest BCUT2D eigenvalue weighted by atomic mass is 10.2. The van der Waals surface area contributed by atoms with Gasteiger partial charge in [-0.25, -0.2) is 4.79 Å². The molecule has 3 rings (SSSR count). The van der Waals surface area contributed by atoms with Crippen LogP contribution in [0.2, 0.25) is 0 Å². The van der Waals surface area contributed by atoms with E-state index in [1.165, 1.54) is 0 Å². The zero-order valence-electron chi connectivity index (χ0n) is 15.7. The maximum Gasteiger partial charge on any atom is 0.320 e. The molecule has 2 aliphatic heterocycles. The molecule has 3 amide bonds. The molecule has 2 fully saturated rings. The average molecular weight is 374 g/mol. The number of hydrogen-bond acceptors (Lipinski definition) is 5. The molecule has 2 aliphatic rings. The number of para-hydroxylation sites is 1. The van der Waals surface area contributed by atoms with Crippen molar-refractivity contribution in [3.8, 4) is 5.75 Å². The number of urea groups is 1. The summed E-state index contributed by atoms with van der Waals surface area (Å²) in [6.07, 6.45) is 0.711. The SMILES string of the molecule is CN1CCN(C(=O)N2CCN(C(=O)COc3ccccc3C=O)CC2)CC1. The molecule has 8 heteroatoms. The van der Waals surface area contributed by atoms with E-state index in [1.54, 1.807) is 29.2 Å². The summed E-state index contributed by atoms with van der Waals surface area (Å²) in [5, 5.41) is 0. The Morgan fingerprint density at radius 1 is 0.926 bits per heavy atom. The van der Waals surface area contributed by atoms with Crippen LogP contribution in [0.3, 0.4) is 0 Å². The number of hydrogen-bond donors (Lipinski definition) is 0. The van der Waals surface area contributed by atoms with E-state index in [9.17, 15) is 14.4 Å². The van der Waals surface area contributed by atoms with Crippen LogP contribution in [0.4, 0.5) is 4.79 Å². The number of aldehydes is 1. The molecule has 8 nitrogen and oxygen atoms in total. The lowest BCUT2D eigenvalue weighted by molar-refractivity contribution is -0.134. The number of carbonyl (C=O) groups excluding carboxylic acids is 3. The molecule has 0 aromatic heterocycles. The predicted molar refractivity (Wildman–Crippen MR) is 99.9 cm³/mol. The van der Waals surface area contributed by atoms with Crippen LogP contribution < -0.4 is 4.74 Å². The van der Waals surface area contributed by atoms with Crippen LogP contribution in [0.5, 0.6) is 5.75 Å². The minimum Gasteiger partial charge on any atom is -0.483 e. The molecule has 0 atom stereocenters. The maximum atomic E-state index is 12.6.